The van der Waals surface area contributed by atoms with Crippen LogP contribution < -0.4 is 16.0 Å². The molecule has 0 atom stereocenters. The first-order valence-electron chi connectivity index (χ1n) is 10.1. The van der Waals surface area contributed by atoms with Crippen molar-refractivity contribution in [2.24, 2.45) is 14.1 Å². The van der Waals surface area contributed by atoms with Gasteiger partial charge in [-0.15, -0.1) is 0 Å². The Labute approximate surface area is 197 Å². The number of piperidine rings is 1. The Kier molecular flexibility index (Phi) is 6.20. The molecule has 1 aromatic carbocycles. The molecule has 0 unspecified atom stereocenters. The van der Waals surface area contributed by atoms with Gasteiger partial charge in [0.05, 0.1) is 27.8 Å². The summed E-state index contributed by atoms with van der Waals surface area (Å²) < 4.78 is 35.3. The Morgan fingerprint density at radius 1 is 1.16 bits per heavy atom. The molecular weight excluding hydrogens is 549 g/mol. The number of benzene rings is 1. The first kappa shape index (κ1) is 23.0. The van der Waals surface area contributed by atoms with Crippen LogP contribution in [-0.2, 0) is 27.8 Å². The number of halogens is 1. The summed E-state index contributed by atoms with van der Waals surface area (Å²) in [5.74, 6) is 0. The van der Waals surface area contributed by atoms with Gasteiger partial charge in [-0.2, -0.15) is 9.29 Å². The maximum absolute atomic E-state index is 13.0. The number of aryl methyl sites for hydroxylation is 2. The zero-order valence-electron chi connectivity index (χ0n) is 18.0. The summed E-state index contributed by atoms with van der Waals surface area (Å²) in [6.07, 6.45) is 0.762. The monoisotopic (exact) mass is 573 g/mol. The van der Waals surface area contributed by atoms with E-state index >= 15 is 0 Å². The van der Waals surface area contributed by atoms with Crippen LogP contribution in [0.1, 0.15) is 24.0 Å². The maximum Gasteiger partial charge on any atom is 0.332 e. The Morgan fingerprint density at radius 2 is 1.84 bits per heavy atom. The molecule has 1 aliphatic rings. The van der Waals surface area contributed by atoms with Gasteiger partial charge in [-0.1, -0.05) is 29.8 Å². The predicted octanol–water partition coefficient (Wildman–Crippen LogP) is 1.31. The lowest BCUT2D eigenvalue weighted by atomic mass is 10.1. The number of imidazole rings is 1. The fourth-order valence-corrected chi connectivity index (χ4v) is 5.80. The van der Waals surface area contributed by atoms with Gasteiger partial charge in [-0.25, -0.2) is 13.2 Å². The highest BCUT2D eigenvalue weighted by Gasteiger charge is 2.29. The van der Waals surface area contributed by atoms with Gasteiger partial charge in [0, 0.05) is 27.2 Å². The highest BCUT2D eigenvalue weighted by molar-refractivity contribution is 14.2. The minimum atomic E-state index is -3.27. The summed E-state index contributed by atoms with van der Waals surface area (Å²) in [6.45, 7) is 3.05. The van der Waals surface area contributed by atoms with Gasteiger partial charge < -0.3 is 4.74 Å². The molecule has 0 saturated carbocycles. The van der Waals surface area contributed by atoms with E-state index < -0.39 is 18.4 Å². The third-order valence-electron chi connectivity index (χ3n) is 5.72. The van der Waals surface area contributed by atoms with E-state index in [0.717, 1.165) is 15.7 Å². The molecule has 0 amide bonds. The van der Waals surface area contributed by atoms with E-state index in [-0.39, 0.29) is 17.8 Å². The number of aromatic nitrogens is 4. The molecule has 12 heteroatoms. The molecule has 2 aromatic heterocycles. The summed E-state index contributed by atoms with van der Waals surface area (Å²) in [7, 11) is -0.261. The third-order valence-corrected chi connectivity index (χ3v) is 8.37. The van der Waals surface area contributed by atoms with Crippen LogP contribution in [0, 0.1) is 6.92 Å². The van der Waals surface area contributed by atoms with Crippen LogP contribution in [0.5, 0.6) is 6.01 Å². The lowest BCUT2D eigenvalue weighted by molar-refractivity contribution is 0.121. The fourth-order valence-electron chi connectivity index (χ4n) is 3.97. The third kappa shape index (κ3) is 4.35. The molecular formula is C20H24IN5O5S. The summed E-state index contributed by atoms with van der Waals surface area (Å²) >= 11 is 1.44. The summed E-state index contributed by atoms with van der Waals surface area (Å²) in [4.78, 5) is 29.9. The standard InChI is InChI=1S/C20H24IN5O5S/c1-13-5-4-6-14(11-13)12-26-16-17(23(2)20(28)24(3)18(16)27)22-19(26)31-15-7-9-25(10-8-15)32(21,29)30/h4-6,11,15H,7-10,12H2,1-3H3. The molecule has 1 fully saturated rings. The number of ether oxygens (including phenoxy) is 1. The van der Waals surface area contributed by atoms with Crippen LogP contribution in [0.15, 0.2) is 33.9 Å². The lowest BCUT2D eigenvalue weighted by Gasteiger charge is -2.29. The second-order valence-electron chi connectivity index (χ2n) is 8.01. The maximum atomic E-state index is 13.0. The highest BCUT2D eigenvalue weighted by Crippen LogP contribution is 2.25. The first-order valence-corrected chi connectivity index (χ1v) is 14.1. The van der Waals surface area contributed by atoms with Crippen molar-refractivity contribution in [1.29, 1.82) is 0 Å². The molecule has 10 nitrogen and oxygen atoms in total. The van der Waals surface area contributed by atoms with Crippen LogP contribution in [-0.4, -0.2) is 50.6 Å². The normalized spacial score (nSPS) is 16.0. The predicted molar refractivity (Wildman–Crippen MR) is 129 cm³/mol. The SMILES string of the molecule is Cc1cccc(Cn2c(OC3CCN(S(=O)(=O)I)CC3)nc3c2c(=O)n(C)c(=O)n3C)c1. The first-order chi connectivity index (χ1) is 15.1. The van der Waals surface area contributed by atoms with Crippen LogP contribution >= 0.6 is 21.2 Å². The second kappa shape index (κ2) is 8.63. The zero-order chi connectivity index (χ0) is 23.2. The molecule has 3 aromatic rings. The molecule has 0 radical (unpaired) electrons. The van der Waals surface area contributed by atoms with Crippen LogP contribution in [0.25, 0.3) is 11.2 Å². The largest absolute Gasteiger partial charge is 0.461 e. The van der Waals surface area contributed by atoms with Gasteiger partial charge in [-0.05, 0) is 25.3 Å². The van der Waals surface area contributed by atoms with Gasteiger partial charge in [0.1, 0.15) is 6.10 Å². The van der Waals surface area contributed by atoms with Gasteiger partial charge in [0.25, 0.3) is 18.8 Å². The Morgan fingerprint density at radius 3 is 2.47 bits per heavy atom. The molecule has 172 valence electrons. The molecule has 1 saturated heterocycles. The summed E-state index contributed by atoms with van der Waals surface area (Å²) in [6, 6.07) is 8.16. The fraction of sp³-hybridized carbons (Fsp3) is 0.450. The van der Waals surface area contributed by atoms with E-state index in [2.05, 4.69) is 4.98 Å². The number of fused-ring (bicyclic) bond motifs is 1. The van der Waals surface area contributed by atoms with Crippen molar-refractivity contribution < 1.29 is 13.2 Å². The van der Waals surface area contributed by atoms with Crippen molar-refractivity contribution in [3.8, 4) is 6.01 Å². The molecule has 32 heavy (non-hydrogen) atoms. The molecule has 3 heterocycles. The number of hydrogen-bond donors (Lipinski definition) is 0. The van der Waals surface area contributed by atoms with E-state index in [1.54, 1.807) is 11.6 Å². The Hall–Kier alpha value is -2.19. The van der Waals surface area contributed by atoms with E-state index in [9.17, 15) is 18.0 Å². The summed E-state index contributed by atoms with van der Waals surface area (Å²) in [5, 5.41) is 0. The smallest absolute Gasteiger partial charge is 0.332 e. The van der Waals surface area contributed by atoms with Crippen molar-refractivity contribution in [3.05, 3.63) is 56.2 Å². The average Bonchev–Trinajstić information content (AvgIpc) is 3.08. The van der Waals surface area contributed by atoms with Crippen molar-refractivity contribution in [2.75, 3.05) is 13.1 Å². The molecule has 4 rings (SSSR count). The molecule has 0 spiro atoms. The second-order valence-corrected chi connectivity index (χ2v) is 12.7. The van der Waals surface area contributed by atoms with Crippen molar-refractivity contribution in [2.45, 2.75) is 32.4 Å². The van der Waals surface area contributed by atoms with E-state index in [0.29, 0.717) is 38.0 Å². The van der Waals surface area contributed by atoms with Crippen molar-refractivity contribution in [3.63, 3.8) is 0 Å². The van der Waals surface area contributed by atoms with Gasteiger partial charge in [-0.3, -0.25) is 18.5 Å². The van der Waals surface area contributed by atoms with Crippen LogP contribution in [0.3, 0.4) is 0 Å². The van der Waals surface area contributed by atoms with Gasteiger partial charge in [0.2, 0.25) is 0 Å². The zero-order valence-corrected chi connectivity index (χ0v) is 21.0. The topological polar surface area (TPSA) is 108 Å². The van der Waals surface area contributed by atoms with Gasteiger partial charge >= 0.3 is 5.69 Å². The molecule has 0 N–H and O–H groups in total. The minimum absolute atomic E-state index is 0.246. The van der Waals surface area contributed by atoms with E-state index in [4.69, 9.17) is 4.74 Å². The van der Waals surface area contributed by atoms with Crippen LogP contribution in [0.4, 0.5) is 0 Å². The lowest BCUT2D eigenvalue weighted by Crippen LogP contribution is -2.40. The number of hydrogen-bond acceptors (Lipinski definition) is 6. The van der Waals surface area contributed by atoms with Crippen molar-refractivity contribution >= 4 is 39.6 Å². The highest BCUT2D eigenvalue weighted by atomic mass is 127. The van der Waals surface area contributed by atoms with E-state index in [1.165, 1.54) is 37.1 Å². The quantitative estimate of drug-likeness (QED) is 0.337. The van der Waals surface area contributed by atoms with Gasteiger partial charge in [0.15, 0.2) is 11.2 Å². The van der Waals surface area contributed by atoms with E-state index in [1.807, 2.05) is 31.2 Å². The number of rotatable bonds is 5. The minimum Gasteiger partial charge on any atom is -0.461 e. The Bertz CT molecular complexity index is 1400. The van der Waals surface area contributed by atoms with Crippen LogP contribution in [0.2, 0.25) is 0 Å². The Balaban J connectivity index is 1.76. The molecule has 0 bridgehead atoms. The molecule has 0 aliphatic carbocycles. The average molecular weight is 573 g/mol. The number of nitrogens with zero attached hydrogens (tertiary/aromatic N) is 5. The van der Waals surface area contributed by atoms with Crippen molar-refractivity contribution in [1.82, 2.24) is 23.0 Å². The molecule has 1 aliphatic heterocycles. The summed E-state index contributed by atoms with van der Waals surface area (Å²) in [5.41, 5.74) is 1.70.